The summed E-state index contributed by atoms with van der Waals surface area (Å²) in [6.07, 6.45) is -4.23. The zero-order valence-corrected chi connectivity index (χ0v) is 30.0. The van der Waals surface area contributed by atoms with Crippen molar-refractivity contribution in [1.29, 1.82) is 0 Å². The number of nitrogens with one attached hydrogen (secondary N) is 1. The molecular weight excluding hydrogens is 696 g/mol. The number of halogens is 5. The van der Waals surface area contributed by atoms with Crippen LogP contribution in [0.2, 0.25) is 10.0 Å². The molecule has 1 N–H and O–H groups in total. The molecule has 3 rings (SSSR count). The number of carbonyl (C=O) groups excluding carboxylic acids is 3. The number of carbonyl (C=O) groups is 3. The SMILES string of the molecule is CCS(=O)(=O)c1ccc(Cl)cc1N(C)C(=O)c1cc(Cl)c(CN2CCCC[C@H]2N(C)C(=O)CCNC(=O)OC(C)(C)C)c(C(F)(F)F)c1. The fourth-order valence-electron chi connectivity index (χ4n) is 5.38. The normalized spacial score (nSPS) is 15.9. The van der Waals surface area contributed by atoms with Gasteiger partial charge in [-0.25, -0.2) is 13.2 Å². The van der Waals surface area contributed by atoms with Gasteiger partial charge in [0.15, 0.2) is 9.84 Å². The van der Waals surface area contributed by atoms with Crippen LogP contribution in [0.5, 0.6) is 0 Å². The summed E-state index contributed by atoms with van der Waals surface area (Å²) in [5.74, 6) is -1.52. The van der Waals surface area contributed by atoms with Crippen LogP contribution in [-0.2, 0) is 32.1 Å². The van der Waals surface area contributed by atoms with Crippen molar-refractivity contribution in [2.24, 2.45) is 0 Å². The van der Waals surface area contributed by atoms with Crippen LogP contribution < -0.4 is 10.2 Å². The number of ether oxygens (including phenoxy) is 1. The highest BCUT2D eigenvalue weighted by Gasteiger charge is 2.38. The largest absolute Gasteiger partial charge is 0.444 e. The Labute approximate surface area is 289 Å². The van der Waals surface area contributed by atoms with Crippen molar-refractivity contribution in [2.75, 3.05) is 37.8 Å². The fourth-order valence-corrected chi connectivity index (χ4v) is 6.92. The molecule has 0 saturated carbocycles. The minimum Gasteiger partial charge on any atom is -0.444 e. The molecule has 1 heterocycles. The summed E-state index contributed by atoms with van der Waals surface area (Å²) in [6, 6.07) is 5.67. The number of piperidine rings is 1. The third-order valence-corrected chi connectivity index (χ3v) is 10.2. The van der Waals surface area contributed by atoms with Gasteiger partial charge in [-0.3, -0.25) is 14.5 Å². The van der Waals surface area contributed by atoms with Crippen molar-refractivity contribution in [3.8, 4) is 0 Å². The number of hydrogen-bond acceptors (Lipinski definition) is 7. The molecule has 1 saturated heterocycles. The highest BCUT2D eigenvalue weighted by molar-refractivity contribution is 7.91. The average Bonchev–Trinajstić information content (AvgIpc) is 2.99. The van der Waals surface area contributed by atoms with E-state index in [2.05, 4.69) is 5.32 Å². The highest BCUT2D eigenvalue weighted by atomic mass is 35.5. The maximum absolute atomic E-state index is 14.6. The second-order valence-electron chi connectivity index (χ2n) is 12.5. The van der Waals surface area contributed by atoms with Crippen molar-refractivity contribution in [2.45, 2.75) is 82.8 Å². The molecule has 0 radical (unpaired) electrons. The average molecular weight is 738 g/mol. The van der Waals surface area contributed by atoms with Gasteiger partial charge in [0.05, 0.1) is 28.1 Å². The first kappa shape index (κ1) is 39.4. The Hall–Kier alpha value is -3.07. The van der Waals surface area contributed by atoms with Gasteiger partial charge in [0, 0.05) is 55.8 Å². The first-order valence-corrected chi connectivity index (χ1v) is 17.7. The Morgan fingerprint density at radius 1 is 1.06 bits per heavy atom. The third-order valence-electron chi connectivity index (χ3n) is 7.84. The van der Waals surface area contributed by atoms with E-state index in [-0.39, 0.29) is 57.4 Å². The van der Waals surface area contributed by atoms with E-state index in [4.69, 9.17) is 27.9 Å². The molecule has 0 aliphatic carbocycles. The molecule has 1 atom stereocenters. The summed E-state index contributed by atoms with van der Waals surface area (Å²) in [6.45, 7) is 6.70. The van der Waals surface area contributed by atoms with Gasteiger partial charge in [-0.15, -0.1) is 0 Å². The lowest BCUT2D eigenvalue weighted by Gasteiger charge is -2.41. The predicted molar refractivity (Wildman–Crippen MR) is 178 cm³/mol. The first-order chi connectivity index (χ1) is 22.2. The van der Waals surface area contributed by atoms with E-state index >= 15 is 0 Å². The molecule has 266 valence electrons. The lowest BCUT2D eigenvalue weighted by atomic mass is 9.99. The van der Waals surface area contributed by atoms with Crippen LogP contribution in [0.25, 0.3) is 0 Å². The van der Waals surface area contributed by atoms with Gasteiger partial charge in [0.25, 0.3) is 5.91 Å². The lowest BCUT2D eigenvalue weighted by Crippen LogP contribution is -2.51. The van der Waals surface area contributed by atoms with Gasteiger partial charge in [-0.2, -0.15) is 13.2 Å². The Kier molecular flexibility index (Phi) is 12.8. The van der Waals surface area contributed by atoms with Crippen molar-refractivity contribution in [3.05, 3.63) is 57.1 Å². The molecular formula is C32H41Cl2F3N4O6S. The molecule has 16 heteroatoms. The number of anilines is 1. The van der Waals surface area contributed by atoms with Crippen LogP contribution in [-0.4, -0.2) is 80.8 Å². The zero-order valence-electron chi connectivity index (χ0n) is 27.7. The molecule has 48 heavy (non-hydrogen) atoms. The molecule has 0 bridgehead atoms. The van der Waals surface area contributed by atoms with Crippen LogP contribution in [0.15, 0.2) is 35.2 Å². The summed E-state index contributed by atoms with van der Waals surface area (Å²) in [7, 11) is -1.02. The number of amides is 3. The Morgan fingerprint density at radius 2 is 1.73 bits per heavy atom. The minimum absolute atomic E-state index is 0.0137. The number of alkyl halides is 3. The van der Waals surface area contributed by atoms with E-state index < -0.39 is 50.9 Å². The van der Waals surface area contributed by atoms with Crippen LogP contribution in [0.4, 0.5) is 23.7 Å². The molecule has 0 unspecified atom stereocenters. The number of likely N-dealkylation sites (tertiary alicyclic amines) is 1. The first-order valence-electron chi connectivity index (χ1n) is 15.3. The van der Waals surface area contributed by atoms with Gasteiger partial charge < -0.3 is 19.9 Å². The Bertz CT molecular complexity index is 1630. The summed E-state index contributed by atoms with van der Waals surface area (Å²) in [5, 5.41) is 2.34. The van der Waals surface area contributed by atoms with E-state index in [9.17, 15) is 36.0 Å². The van der Waals surface area contributed by atoms with E-state index in [0.29, 0.717) is 25.5 Å². The van der Waals surface area contributed by atoms with E-state index in [0.717, 1.165) is 17.4 Å². The van der Waals surface area contributed by atoms with E-state index in [1.807, 2.05) is 0 Å². The second-order valence-corrected chi connectivity index (χ2v) is 15.6. The van der Waals surface area contributed by atoms with Crippen LogP contribution in [0, 0.1) is 0 Å². The summed E-state index contributed by atoms with van der Waals surface area (Å²) in [5.41, 5.74) is -2.59. The van der Waals surface area contributed by atoms with Crippen molar-refractivity contribution in [1.82, 2.24) is 15.1 Å². The maximum Gasteiger partial charge on any atom is 0.416 e. The monoisotopic (exact) mass is 736 g/mol. The lowest BCUT2D eigenvalue weighted by molar-refractivity contribution is -0.141. The van der Waals surface area contributed by atoms with Crippen LogP contribution >= 0.6 is 23.2 Å². The Morgan fingerprint density at radius 3 is 2.33 bits per heavy atom. The molecule has 10 nitrogen and oxygen atoms in total. The van der Waals surface area contributed by atoms with E-state index in [1.165, 1.54) is 37.1 Å². The van der Waals surface area contributed by atoms with Gasteiger partial charge in [-0.05, 0) is 75.9 Å². The maximum atomic E-state index is 14.6. The van der Waals surface area contributed by atoms with Gasteiger partial charge in [0.1, 0.15) is 5.60 Å². The van der Waals surface area contributed by atoms with Crippen molar-refractivity contribution in [3.63, 3.8) is 0 Å². The summed E-state index contributed by atoms with van der Waals surface area (Å²) < 4.78 is 74.3. The number of alkyl carbamates (subject to hydrolysis) is 1. The summed E-state index contributed by atoms with van der Waals surface area (Å²) in [4.78, 5) is 42.5. The molecule has 0 spiro atoms. The molecule has 3 amide bonds. The van der Waals surface area contributed by atoms with Crippen molar-refractivity contribution < 1.29 is 40.7 Å². The number of sulfone groups is 1. The molecule has 2 aromatic carbocycles. The highest BCUT2D eigenvalue weighted by Crippen LogP contribution is 2.39. The van der Waals surface area contributed by atoms with Crippen LogP contribution in [0.1, 0.15) is 74.9 Å². The minimum atomic E-state index is -4.90. The number of benzene rings is 2. The number of hydrogen-bond donors (Lipinski definition) is 1. The van der Waals surface area contributed by atoms with Crippen molar-refractivity contribution >= 4 is 56.6 Å². The van der Waals surface area contributed by atoms with E-state index in [1.54, 1.807) is 32.7 Å². The van der Waals surface area contributed by atoms with Crippen LogP contribution in [0.3, 0.4) is 0 Å². The Balaban J connectivity index is 1.88. The molecule has 1 aliphatic heterocycles. The zero-order chi connectivity index (χ0) is 36.2. The standard InChI is InChI=1S/C32H41Cl2F3N4O6S/c1-7-48(45,46)26-12-11-21(33)18-25(26)39(5)29(43)20-16-23(32(35,36)37)22(24(34)17-20)19-41-15-9-8-10-27(41)40(6)28(42)13-14-38-30(44)47-31(2,3)4/h11-12,16-18,27H,7-10,13-15,19H2,1-6H3,(H,38,44)/t27-/m0/s1. The molecule has 1 fully saturated rings. The predicted octanol–water partition coefficient (Wildman–Crippen LogP) is 6.77. The number of nitrogens with zero attached hydrogens (tertiary/aromatic N) is 3. The topological polar surface area (TPSA) is 116 Å². The van der Waals surface area contributed by atoms with Gasteiger partial charge >= 0.3 is 12.3 Å². The molecule has 1 aliphatic rings. The van der Waals surface area contributed by atoms with Gasteiger partial charge in [0.2, 0.25) is 5.91 Å². The smallest absolute Gasteiger partial charge is 0.416 e. The number of rotatable bonds is 10. The second kappa shape index (κ2) is 15.6. The molecule has 0 aromatic heterocycles. The molecule has 2 aromatic rings. The third kappa shape index (κ3) is 9.99. The quantitative estimate of drug-likeness (QED) is 0.286. The van der Waals surface area contributed by atoms with Gasteiger partial charge in [-0.1, -0.05) is 30.1 Å². The summed E-state index contributed by atoms with van der Waals surface area (Å²) >= 11 is 12.6. The fraction of sp³-hybridized carbons (Fsp3) is 0.531.